The van der Waals surface area contributed by atoms with Crippen LogP contribution in [-0.4, -0.2) is 73.5 Å². The van der Waals surface area contributed by atoms with Crippen molar-refractivity contribution in [1.82, 2.24) is 29.4 Å². The zero-order valence-electron chi connectivity index (χ0n) is 18.8. The predicted molar refractivity (Wildman–Crippen MR) is 124 cm³/mol. The van der Waals surface area contributed by atoms with Gasteiger partial charge in [0.05, 0.1) is 18.7 Å². The van der Waals surface area contributed by atoms with Crippen LogP contribution in [0.15, 0.2) is 66.3 Å². The van der Waals surface area contributed by atoms with Gasteiger partial charge in [0.15, 0.2) is 11.5 Å². The average Bonchev–Trinajstić information content (AvgIpc) is 3.25. The van der Waals surface area contributed by atoms with Crippen LogP contribution in [0.1, 0.15) is 13.3 Å². The number of carbonyl (C=O) groups excluding carboxylic acids is 2. The number of anilines is 1. The number of carbonyl (C=O) groups is 2. The first-order valence-electron chi connectivity index (χ1n) is 11.1. The van der Waals surface area contributed by atoms with Crippen LogP contribution < -0.4 is 5.32 Å². The molecule has 2 aliphatic heterocycles. The van der Waals surface area contributed by atoms with Gasteiger partial charge < -0.3 is 15.1 Å². The summed E-state index contributed by atoms with van der Waals surface area (Å²) in [6.45, 7) is 2.11. The number of rotatable bonds is 5. The number of hydrogen-bond acceptors (Lipinski definition) is 6. The lowest BCUT2D eigenvalue weighted by molar-refractivity contribution is -0.134. The molecular weight excluding hydrogens is 437 g/mol. The van der Waals surface area contributed by atoms with Crippen molar-refractivity contribution in [2.24, 2.45) is 0 Å². The molecule has 0 bridgehead atoms. The van der Waals surface area contributed by atoms with E-state index < -0.39 is 12.1 Å². The van der Waals surface area contributed by atoms with Gasteiger partial charge in [-0.05, 0) is 30.7 Å². The Balaban J connectivity index is 1.43. The van der Waals surface area contributed by atoms with E-state index in [0.717, 1.165) is 12.0 Å². The molecule has 3 aromatic heterocycles. The van der Waals surface area contributed by atoms with Crippen molar-refractivity contribution in [3.05, 3.63) is 66.3 Å². The summed E-state index contributed by atoms with van der Waals surface area (Å²) in [6.07, 6.45) is 8.41. The molecule has 0 spiro atoms. The van der Waals surface area contributed by atoms with Crippen molar-refractivity contribution >= 4 is 23.1 Å². The minimum absolute atomic E-state index is 0.0244. The number of nitrogens with zero attached hydrogens (tertiary/aromatic N) is 6. The summed E-state index contributed by atoms with van der Waals surface area (Å²) >= 11 is 0. The Kier molecular flexibility index (Phi) is 5.56. The molecule has 1 saturated heterocycles. The van der Waals surface area contributed by atoms with Crippen LogP contribution >= 0.6 is 0 Å². The monoisotopic (exact) mass is 461 g/mol. The molecule has 0 saturated carbocycles. The first-order chi connectivity index (χ1) is 16.4. The summed E-state index contributed by atoms with van der Waals surface area (Å²) in [5.41, 5.74) is 2.39. The van der Waals surface area contributed by atoms with Crippen LogP contribution in [0.4, 0.5) is 10.1 Å². The van der Waals surface area contributed by atoms with Crippen LogP contribution in [0.5, 0.6) is 0 Å². The smallest absolute Gasteiger partial charge is 0.272 e. The minimum atomic E-state index is -1.01. The highest BCUT2D eigenvalue weighted by Crippen LogP contribution is 2.27. The molecule has 5 rings (SSSR count). The number of pyridine rings is 2. The number of aromatic nitrogens is 4. The SMILES string of the molecule is CCC1C=CC(C(=O)N2CC(F)C2)=C(C(=O)Nc2ccn3nc(-c4cccnc4)nc3c2)N1C. The van der Waals surface area contributed by atoms with Gasteiger partial charge >= 0.3 is 0 Å². The number of halogens is 1. The third kappa shape index (κ3) is 3.91. The fourth-order valence-electron chi connectivity index (χ4n) is 4.16. The summed E-state index contributed by atoms with van der Waals surface area (Å²) in [5.74, 6) is -0.233. The molecule has 3 aromatic rings. The van der Waals surface area contributed by atoms with E-state index in [1.807, 2.05) is 25.1 Å². The number of likely N-dealkylation sites (N-methyl/N-ethyl adjacent to an activating group) is 1. The van der Waals surface area contributed by atoms with Crippen LogP contribution in [0.3, 0.4) is 0 Å². The Morgan fingerprint density at radius 3 is 2.79 bits per heavy atom. The third-order valence-electron chi connectivity index (χ3n) is 6.09. The van der Waals surface area contributed by atoms with Gasteiger partial charge in [0.1, 0.15) is 11.9 Å². The van der Waals surface area contributed by atoms with E-state index in [1.165, 1.54) is 4.90 Å². The molecule has 1 atom stereocenters. The molecule has 1 unspecified atom stereocenters. The Bertz CT molecular complexity index is 1310. The highest BCUT2D eigenvalue weighted by molar-refractivity contribution is 6.11. The molecular formula is C24H24FN7O2. The Hall–Kier alpha value is -4.08. The van der Waals surface area contributed by atoms with E-state index in [-0.39, 0.29) is 36.3 Å². The number of likely N-dealkylation sites (tertiary alicyclic amines) is 1. The van der Waals surface area contributed by atoms with Crippen LogP contribution in [0.2, 0.25) is 0 Å². The summed E-state index contributed by atoms with van der Waals surface area (Å²) in [5, 5.41) is 7.33. The zero-order valence-corrected chi connectivity index (χ0v) is 18.8. The predicted octanol–water partition coefficient (Wildman–Crippen LogP) is 2.44. The first-order valence-corrected chi connectivity index (χ1v) is 11.1. The lowest BCUT2D eigenvalue weighted by Crippen LogP contribution is -2.53. The van der Waals surface area contributed by atoms with Crippen molar-refractivity contribution in [3.63, 3.8) is 0 Å². The van der Waals surface area contributed by atoms with Gasteiger partial charge in [-0.2, -0.15) is 0 Å². The van der Waals surface area contributed by atoms with Gasteiger partial charge in [-0.15, -0.1) is 5.10 Å². The fraction of sp³-hybridized carbons (Fsp3) is 0.292. The molecule has 0 aromatic carbocycles. The van der Waals surface area contributed by atoms with Crippen LogP contribution in [0, 0.1) is 0 Å². The van der Waals surface area contributed by atoms with Crippen molar-refractivity contribution in [2.45, 2.75) is 25.6 Å². The summed E-state index contributed by atoms with van der Waals surface area (Å²) < 4.78 is 15.0. The van der Waals surface area contributed by atoms with Gasteiger partial charge in [-0.25, -0.2) is 13.9 Å². The molecule has 9 nitrogen and oxygen atoms in total. The van der Waals surface area contributed by atoms with Crippen LogP contribution in [-0.2, 0) is 9.59 Å². The number of nitrogens with one attached hydrogen (secondary N) is 1. The standard InChI is InChI=1S/C24H24FN7O2/c1-3-18-6-7-19(24(34)31-13-16(25)14-31)21(30(18)2)23(33)27-17-8-10-32-20(11-17)28-22(29-32)15-5-4-9-26-12-15/h4-12,16,18H,3,13-14H2,1-2H3,(H,27,33). The topological polar surface area (TPSA) is 95.7 Å². The number of fused-ring (bicyclic) bond motifs is 1. The van der Waals surface area contributed by atoms with Crippen LogP contribution in [0.25, 0.3) is 17.0 Å². The maximum Gasteiger partial charge on any atom is 0.272 e. The average molecular weight is 462 g/mol. The van der Waals surface area contributed by atoms with E-state index in [4.69, 9.17) is 0 Å². The molecule has 1 N–H and O–H groups in total. The molecule has 174 valence electrons. The minimum Gasteiger partial charge on any atom is -0.363 e. The maximum atomic E-state index is 13.4. The molecule has 34 heavy (non-hydrogen) atoms. The summed E-state index contributed by atoms with van der Waals surface area (Å²) in [7, 11) is 1.79. The molecule has 2 aliphatic rings. The van der Waals surface area contributed by atoms with Gasteiger partial charge in [-0.3, -0.25) is 14.6 Å². The Labute approximate surface area is 195 Å². The Morgan fingerprint density at radius 1 is 1.26 bits per heavy atom. The quantitative estimate of drug-likeness (QED) is 0.627. The summed E-state index contributed by atoms with van der Waals surface area (Å²) in [6, 6.07) is 7.09. The van der Waals surface area contributed by atoms with Crippen molar-refractivity contribution in [2.75, 3.05) is 25.5 Å². The fourth-order valence-corrected chi connectivity index (χ4v) is 4.16. The number of alkyl halides is 1. The third-order valence-corrected chi connectivity index (χ3v) is 6.09. The van der Waals surface area contributed by atoms with Crippen molar-refractivity contribution in [3.8, 4) is 11.4 Å². The van der Waals surface area contributed by atoms with E-state index in [9.17, 15) is 14.0 Å². The second-order valence-corrected chi connectivity index (χ2v) is 8.36. The van der Waals surface area contributed by atoms with Gasteiger partial charge in [-0.1, -0.05) is 13.0 Å². The molecule has 10 heteroatoms. The number of amides is 2. The van der Waals surface area contributed by atoms with E-state index in [0.29, 0.717) is 17.2 Å². The number of hydrogen-bond donors (Lipinski definition) is 1. The zero-order chi connectivity index (χ0) is 23.8. The normalized spacial score (nSPS) is 18.4. The first kappa shape index (κ1) is 21.7. The Morgan fingerprint density at radius 2 is 2.09 bits per heavy atom. The lowest BCUT2D eigenvalue weighted by atomic mass is 9.99. The van der Waals surface area contributed by atoms with Gasteiger partial charge in [0.2, 0.25) is 0 Å². The highest BCUT2D eigenvalue weighted by Gasteiger charge is 2.36. The van der Waals surface area contributed by atoms with Gasteiger partial charge in [0.25, 0.3) is 11.8 Å². The second-order valence-electron chi connectivity index (χ2n) is 8.36. The largest absolute Gasteiger partial charge is 0.363 e. The van der Waals surface area contributed by atoms with E-state index in [2.05, 4.69) is 20.4 Å². The van der Waals surface area contributed by atoms with Gasteiger partial charge in [0, 0.05) is 49.0 Å². The summed E-state index contributed by atoms with van der Waals surface area (Å²) in [4.78, 5) is 38.2. The molecule has 0 aliphatic carbocycles. The molecule has 2 amide bonds. The molecule has 0 radical (unpaired) electrons. The molecule has 1 fully saturated rings. The maximum absolute atomic E-state index is 13.4. The van der Waals surface area contributed by atoms with Crippen molar-refractivity contribution in [1.29, 1.82) is 0 Å². The van der Waals surface area contributed by atoms with E-state index >= 15 is 0 Å². The molecule has 5 heterocycles. The second kappa shape index (κ2) is 8.69. The van der Waals surface area contributed by atoms with Crippen molar-refractivity contribution < 1.29 is 14.0 Å². The lowest BCUT2D eigenvalue weighted by Gasteiger charge is -2.38. The van der Waals surface area contributed by atoms with E-state index in [1.54, 1.807) is 53.3 Å². The highest BCUT2D eigenvalue weighted by atomic mass is 19.1.